The molecule has 1 aliphatic rings. The minimum absolute atomic E-state index is 0.0637. The number of hydrazine groups is 1. The highest BCUT2D eigenvalue weighted by Crippen LogP contribution is 2.10. The third-order valence-corrected chi connectivity index (χ3v) is 1.81. The average molecular weight is 146 g/mol. The molecule has 1 heterocycles. The molecule has 0 amide bonds. The third-order valence-electron chi connectivity index (χ3n) is 1.81. The number of hydrogen-bond donors (Lipinski definition) is 2. The van der Waals surface area contributed by atoms with Gasteiger partial charge in [-0.05, 0) is 6.42 Å². The minimum atomic E-state index is -0.427. The van der Waals surface area contributed by atoms with Gasteiger partial charge in [0.25, 0.3) is 0 Å². The number of aliphatic hydroxyl groups is 1. The molecule has 0 radical (unpaired) electrons. The van der Waals surface area contributed by atoms with Crippen LogP contribution in [0.25, 0.3) is 0 Å². The zero-order chi connectivity index (χ0) is 7.56. The average Bonchev–Trinajstić information content (AvgIpc) is 1.88. The highest BCUT2D eigenvalue weighted by molar-refractivity contribution is 4.77. The van der Waals surface area contributed by atoms with Gasteiger partial charge in [0.2, 0.25) is 0 Å². The predicted octanol–water partition coefficient (Wildman–Crippen LogP) is -1.06. The van der Waals surface area contributed by atoms with Gasteiger partial charge in [0.15, 0.2) is 0 Å². The molecule has 3 N–H and O–H groups in total. The van der Waals surface area contributed by atoms with Crippen molar-refractivity contribution < 1.29 is 9.84 Å². The fourth-order valence-electron chi connectivity index (χ4n) is 1.19. The fourth-order valence-corrected chi connectivity index (χ4v) is 1.19. The summed E-state index contributed by atoms with van der Waals surface area (Å²) in [5.41, 5.74) is 0. The van der Waals surface area contributed by atoms with Crippen LogP contribution in [0.5, 0.6) is 0 Å². The number of ether oxygens (including phenoxy) is 1. The van der Waals surface area contributed by atoms with Gasteiger partial charge in [-0.25, -0.2) is 5.01 Å². The van der Waals surface area contributed by atoms with Gasteiger partial charge < -0.3 is 9.84 Å². The Kier molecular flexibility index (Phi) is 2.62. The van der Waals surface area contributed by atoms with Crippen molar-refractivity contribution in [3.8, 4) is 0 Å². The van der Waals surface area contributed by atoms with E-state index in [-0.39, 0.29) is 6.04 Å². The van der Waals surface area contributed by atoms with Crippen molar-refractivity contribution in [2.75, 3.05) is 20.3 Å². The third kappa shape index (κ3) is 1.67. The van der Waals surface area contributed by atoms with E-state index in [4.69, 9.17) is 10.6 Å². The smallest absolute Gasteiger partial charge is 0.0942 e. The van der Waals surface area contributed by atoms with Gasteiger partial charge in [0.1, 0.15) is 0 Å². The van der Waals surface area contributed by atoms with Crippen molar-refractivity contribution in [1.82, 2.24) is 5.01 Å². The van der Waals surface area contributed by atoms with Gasteiger partial charge in [-0.2, -0.15) is 0 Å². The number of rotatable bonds is 1. The summed E-state index contributed by atoms with van der Waals surface area (Å²) in [7, 11) is 1.76. The molecule has 4 heteroatoms. The molecule has 0 aromatic rings. The quantitative estimate of drug-likeness (QED) is 0.366. The lowest BCUT2D eigenvalue weighted by molar-refractivity contribution is -0.0590. The van der Waals surface area contributed by atoms with Crippen molar-refractivity contribution >= 4 is 0 Å². The van der Waals surface area contributed by atoms with Crippen LogP contribution in [0.3, 0.4) is 0 Å². The van der Waals surface area contributed by atoms with Crippen LogP contribution in [0.15, 0.2) is 0 Å². The van der Waals surface area contributed by atoms with Gasteiger partial charge >= 0.3 is 0 Å². The Morgan fingerprint density at radius 2 is 2.40 bits per heavy atom. The lowest BCUT2D eigenvalue weighted by Crippen LogP contribution is -2.50. The summed E-state index contributed by atoms with van der Waals surface area (Å²) in [4.78, 5) is 0. The van der Waals surface area contributed by atoms with Gasteiger partial charge in [0, 0.05) is 13.7 Å². The van der Waals surface area contributed by atoms with E-state index in [0.29, 0.717) is 13.2 Å². The number of likely N-dealkylation sites (N-methyl/N-ethyl adjacent to an activating group) is 1. The molecule has 2 atom stereocenters. The maximum Gasteiger partial charge on any atom is 0.0942 e. The summed E-state index contributed by atoms with van der Waals surface area (Å²) < 4.78 is 5.03. The van der Waals surface area contributed by atoms with Gasteiger partial charge in [-0.15, -0.1) is 0 Å². The van der Waals surface area contributed by atoms with E-state index < -0.39 is 6.10 Å². The normalized spacial score (nSPS) is 34.8. The van der Waals surface area contributed by atoms with Crippen LogP contribution < -0.4 is 5.84 Å². The summed E-state index contributed by atoms with van der Waals surface area (Å²) in [5, 5.41) is 10.8. The Morgan fingerprint density at radius 1 is 1.70 bits per heavy atom. The van der Waals surface area contributed by atoms with Crippen LogP contribution in [0, 0.1) is 0 Å². The van der Waals surface area contributed by atoms with Crippen LogP contribution in [-0.2, 0) is 4.74 Å². The van der Waals surface area contributed by atoms with Crippen molar-refractivity contribution in [1.29, 1.82) is 0 Å². The second kappa shape index (κ2) is 3.30. The Bertz CT molecular complexity index is 108. The molecule has 60 valence electrons. The van der Waals surface area contributed by atoms with Gasteiger partial charge in [0.05, 0.1) is 18.8 Å². The molecule has 2 unspecified atom stereocenters. The maximum atomic E-state index is 9.29. The largest absolute Gasteiger partial charge is 0.389 e. The molecule has 0 bridgehead atoms. The molecule has 1 aliphatic heterocycles. The topological polar surface area (TPSA) is 58.7 Å². The molecule has 0 aromatic carbocycles. The molecule has 0 aromatic heterocycles. The first-order valence-electron chi connectivity index (χ1n) is 3.45. The zero-order valence-electron chi connectivity index (χ0n) is 6.16. The highest BCUT2D eigenvalue weighted by Gasteiger charge is 2.25. The number of nitrogens with two attached hydrogens (primary N) is 1. The second-order valence-corrected chi connectivity index (χ2v) is 2.66. The Balaban J connectivity index is 2.40. The molecule has 0 saturated carbocycles. The minimum Gasteiger partial charge on any atom is -0.389 e. The van der Waals surface area contributed by atoms with Crippen LogP contribution >= 0.6 is 0 Å². The van der Waals surface area contributed by atoms with Crippen LogP contribution in [0.4, 0.5) is 0 Å². The molecule has 0 aliphatic carbocycles. The van der Waals surface area contributed by atoms with Gasteiger partial charge in [-0.1, -0.05) is 0 Å². The Morgan fingerprint density at radius 3 is 2.80 bits per heavy atom. The zero-order valence-corrected chi connectivity index (χ0v) is 6.16. The SMILES string of the molecule is CN(N)C1CCOCC1O. The summed E-state index contributed by atoms with van der Waals surface area (Å²) >= 11 is 0. The number of hydrogen-bond acceptors (Lipinski definition) is 4. The first kappa shape index (κ1) is 7.94. The van der Waals surface area contributed by atoms with Crippen LogP contribution in [0.1, 0.15) is 6.42 Å². The van der Waals surface area contributed by atoms with E-state index in [9.17, 15) is 5.11 Å². The van der Waals surface area contributed by atoms with E-state index in [2.05, 4.69) is 0 Å². The second-order valence-electron chi connectivity index (χ2n) is 2.66. The maximum absolute atomic E-state index is 9.29. The van der Waals surface area contributed by atoms with Crippen LogP contribution in [0.2, 0.25) is 0 Å². The van der Waals surface area contributed by atoms with E-state index >= 15 is 0 Å². The predicted molar refractivity (Wildman–Crippen MR) is 37.2 cm³/mol. The van der Waals surface area contributed by atoms with Crippen molar-refractivity contribution in [2.24, 2.45) is 5.84 Å². The summed E-state index contributed by atoms with van der Waals surface area (Å²) in [5.74, 6) is 5.48. The van der Waals surface area contributed by atoms with E-state index in [1.54, 1.807) is 12.1 Å². The monoisotopic (exact) mass is 146 g/mol. The molecule has 1 rings (SSSR count). The lowest BCUT2D eigenvalue weighted by atomic mass is 10.1. The van der Waals surface area contributed by atoms with E-state index in [1.165, 1.54) is 0 Å². The fraction of sp³-hybridized carbons (Fsp3) is 1.00. The Hall–Kier alpha value is -0.160. The summed E-state index contributed by atoms with van der Waals surface area (Å²) in [6.45, 7) is 1.11. The summed E-state index contributed by atoms with van der Waals surface area (Å²) in [6, 6.07) is 0.0637. The molecule has 0 spiro atoms. The van der Waals surface area contributed by atoms with Gasteiger partial charge in [-0.3, -0.25) is 5.84 Å². The number of aliphatic hydroxyl groups excluding tert-OH is 1. The first-order valence-corrected chi connectivity index (χ1v) is 3.45. The standard InChI is InChI=1S/C6H14N2O2/c1-8(7)5-2-3-10-4-6(5)9/h5-6,9H,2-4,7H2,1H3. The Labute approximate surface area is 60.5 Å². The molecule has 4 nitrogen and oxygen atoms in total. The van der Waals surface area contributed by atoms with Crippen LogP contribution in [-0.4, -0.2) is 42.5 Å². The van der Waals surface area contributed by atoms with Crippen molar-refractivity contribution in [2.45, 2.75) is 18.6 Å². The van der Waals surface area contributed by atoms with E-state index in [0.717, 1.165) is 6.42 Å². The van der Waals surface area contributed by atoms with Crippen molar-refractivity contribution in [3.05, 3.63) is 0 Å². The van der Waals surface area contributed by atoms with Crippen molar-refractivity contribution in [3.63, 3.8) is 0 Å². The molecule has 10 heavy (non-hydrogen) atoms. The first-order chi connectivity index (χ1) is 4.72. The van der Waals surface area contributed by atoms with E-state index in [1.807, 2.05) is 0 Å². The highest BCUT2D eigenvalue weighted by atomic mass is 16.5. The molecule has 1 fully saturated rings. The lowest BCUT2D eigenvalue weighted by Gasteiger charge is -2.31. The summed E-state index contributed by atoms with van der Waals surface area (Å²) in [6.07, 6.45) is 0.387. The molecular formula is C6H14N2O2. The molecule has 1 saturated heterocycles. The number of nitrogens with zero attached hydrogens (tertiary/aromatic N) is 1. The molecular weight excluding hydrogens is 132 g/mol.